The predicted octanol–water partition coefficient (Wildman–Crippen LogP) is 5.92. The Morgan fingerprint density at radius 2 is 1.95 bits per heavy atom. The van der Waals surface area contributed by atoms with Crippen LogP contribution in [0.3, 0.4) is 0 Å². The molecule has 19 heavy (non-hydrogen) atoms. The lowest BCUT2D eigenvalue weighted by atomic mass is 10.2. The summed E-state index contributed by atoms with van der Waals surface area (Å²) in [5, 5.41) is 3.85. The van der Waals surface area contributed by atoms with Crippen molar-refractivity contribution in [3.63, 3.8) is 0 Å². The maximum atomic E-state index is 13.6. The molecule has 0 spiro atoms. The topological polar surface area (TPSA) is 12.0 Å². The molecule has 0 amide bonds. The van der Waals surface area contributed by atoms with Crippen LogP contribution in [0.2, 0.25) is 5.02 Å². The largest absolute Gasteiger partial charge is 0.380 e. The number of halogens is 4. The fraction of sp³-hybridized carbons (Fsp3) is 0.143. The van der Waals surface area contributed by atoms with Crippen LogP contribution in [0.1, 0.15) is 11.1 Å². The summed E-state index contributed by atoms with van der Waals surface area (Å²) in [5.74, 6) is -0.231. The maximum Gasteiger partial charge on any atom is 0.128 e. The van der Waals surface area contributed by atoms with Gasteiger partial charge >= 0.3 is 0 Å². The summed E-state index contributed by atoms with van der Waals surface area (Å²) in [7, 11) is 0. The highest BCUT2D eigenvalue weighted by Crippen LogP contribution is 2.29. The molecular formula is C14H11Br2ClFN. The van der Waals surface area contributed by atoms with E-state index >= 15 is 0 Å². The van der Waals surface area contributed by atoms with Gasteiger partial charge in [0.25, 0.3) is 0 Å². The van der Waals surface area contributed by atoms with Crippen LogP contribution in [-0.4, -0.2) is 0 Å². The van der Waals surface area contributed by atoms with Gasteiger partial charge in [-0.2, -0.15) is 0 Å². The van der Waals surface area contributed by atoms with Crippen LogP contribution in [0.15, 0.2) is 39.3 Å². The number of benzene rings is 2. The van der Waals surface area contributed by atoms with E-state index < -0.39 is 0 Å². The molecule has 0 bridgehead atoms. The van der Waals surface area contributed by atoms with E-state index in [9.17, 15) is 4.39 Å². The van der Waals surface area contributed by atoms with Crippen molar-refractivity contribution < 1.29 is 4.39 Å². The second-order valence-corrected chi connectivity index (χ2v) is 6.35. The Morgan fingerprint density at radius 3 is 2.68 bits per heavy atom. The molecule has 0 aliphatic carbocycles. The first-order valence-electron chi connectivity index (χ1n) is 5.61. The zero-order valence-corrected chi connectivity index (χ0v) is 14.0. The molecule has 2 aromatic rings. The van der Waals surface area contributed by atoms with Gasteiger partial charge in [-0.05, 0) is 58.7 Å². The molecule has 0 aliphatic rings. The molecular weight excluding hydrogens is 396 g/mol. The molecule has 0 heterocycles. The molecule has 1 N–H and O–H groups in total. The van der Waals surface area contributed by atoms with Crippen molar-refractivity contribution in [1.82, 2.24) is 0 Å². The summed E-state index contributed by atoms with van der Waals surface area (Å²) in [6.07, 6.45) is 0. The lowest BCUT2D eigenvalue weighted by molar-refractivity contribution is 0.612. The van der Waals surface area contributed by atoms with Gasteiger partial charge in [0.2, 0.25) is 0 Å². The Kier molecular flexibility index (Phi) is 4.87. The molecule has 0 saturated carbocycles. The zero-order chi connectivity index (χ0) is 14.0. The Labute approximate surface area is 133 Å². The highest BCUT2D eigenvalue weighted by Gasteiger charge is 2.06. The van der Waals surface area contributed by atoms with Crippen molar-refractivity contribution in [2.45, 2.75) is 13.5 Å². The van der Waals surface area contributed by atoms with Crippen molar-refractivity contribution in [3.8, 4) is 0 Å². The molecule has 0 radical (unpaired) electrons. The van der Waals surface area contributed by atoms with Gasteiger partial charge in [-0.15, -0.1) is 0 Å². The average molecular weight is 408 g/mol. The number of nitrogens with one attached hydrogen (secondary N) is 1. The Balaban J connectivity index is 2.19. The van der Waals surface area contributed by atoms with Crippen LogP contribution < -0.4 is 5.32 Å². The maximum absolute atomic E-state index is 13.6. The van der Waals surface area contributed by atoms with E-state index in [1.807, 2.05) is 19.1 Å². The quantitative estimate of drug-likeness (QED) is 0.665. The molecule has 0 aliphatic heterocycles. The lowest BCUT2D eigenvalue weighted by Crippen LogP contribution is -2.02. The molecule has 0 unspecified atom stereocenters. The van der Waals surface area contributed by atoms with Crippen LogP contribution in [0.25, 0.3) is 0 Å². The first-order valence-corrected chi connectivity index (χ1v) is 7.57. The third-order valence-electron chi connectivity index (χ3n) is 2.73. The Morgan fingerprint density at radius 1 is 1.21 bits per heavy atom. The number of hydrogen-bond acceptors (Lipinski definition) is 1. The Hall–Kier alpha value is -0.580. The molecule has 0 fully saturated rings. The van der Waals surface area contributed by atoms with E-state index in [1.165, 1.54) is 6.07 Å². The summed E-state index contributed by atoms with van der Waals surface area (Å²) < 4.78 is 15.4. The molecule has 0 aromatic heterocycles. The van der Waals surface area contributed by atoms with Gasteiger partial charge in [0, 0.05) is 26.1 Å². The molecule has 1 nitrogen and oxygen atoms in total. The second kappa shape index (κ2) is 6.25. The normalized spacial score (nSPS) is 10.6. The highest BCUT2D eigenvalue weighted by atomic mass is 79.9. The minimum Gasteiger partial charge on any atom is -0.380 e. The van der Waals surface area contributed by atoms with Gasteiger partial charge in [0.1, 0.15) is 5.82 Å². The third-order valence-corrected chi connectivity index (χ3v) is 4.28. The number of rotatable bonds is 3. The second-order valence-electron chi connectivity index (χ2n) is 4.17. The fourth-order valence-corrected chi connectivity index (χ4v) is 2.82. The van der Waals surface area contributed by atoms with Crippen LogP contribution in [0, 0.1) is 12.7 Å². The number of aryl methyl sites for hydroxylation is 1. The molecule has 2 aromatic carbocycles. The molecule has 2 rings (SSSR count). The average Bonchev–Trinajstić information content (AvgIpc) is 2.36. The third kappa shape index (κ3) is 3.71. The summed E-state index contributed by atoms with van der Waals surface area (Å²) in [4.78, 5) is 0. The monoisotopic (exact) mass is 405 g/mol. The Bertz CT molecular complexity index is 617. The summed E-state index contributed by atoms with van der Waals surface area (Å²) in [6.45, 7) is 2.33. The van der Waals surface area contributed by atoms with E-state index in [0.717, 1.165) is 20.2 Å². The smallest absolute Gasteiger partial charge is 0.128 e. The van der Waals surface area contributed by atoms with E-state index in [-0.39, 0.29) is 5.82 Å². The van der Waals surface area contributed by atoms with Crippen molar-refractivity contribution in [1.29, 1.82) is 0 Å². The van der Waals surface area contributed by atoms with Gasteiger partial charge in [-0.3, -0.25) is 0 Å². The molecule has 5 heteroatoms. The zero-order valence-electron chi connectivity index (χ0n) is 10.1. The van der Waals surface area contributed by atoms with E-state index in [0.29, 0.717) is 17.1 Å². The van der Waals surface area contributed by atoms with Gasteiger partial charge in [-0.25, -0.2) is 4.39 Å². The van der Waals surface area contributed by atoms with Gasteiger partial charge < -0.3 is 5.32 Å². The van der Waals surface area contributed by atoms with Gasteiger partial charge in [-0.1, -0.05) is 27.5 Å². The van der Waals surface area contributed by atoms with Crippen LogP contribution >= 0.6 is 43.5 Å². The standard InChI is InChI=1S/C14H11Br2ClFN/c1-8-4-11(16)14(6-12(8)17)19-7-9-5-10(15)2-3-13(9)18/h2-6,19H,7H2,1H3. The number of anilines is 1. The first-order chi connectivity index (χ1) is 8.97. The first kappa shape index (κ1) is 14.8. The minimum atomic E-state index is -0.231. The number of hydrogen-bond donors (Lipinski definition) is 1. The molecule has 0 saturated heterocycles. The molecule has 100 valence electrons. The predicted molar refractivity (Wildman–Crippen MR) is 85.3 cm³/mol. The minimum absolute atomic E-state index is 0.231. The van der Waals surface area contributed by atoms with Crippen molar-refractivity contribution in [3.05, 3.63) is 61.2 Å². The van der Waals surface area contributed by atoms with E-state index in [2.05, 4.69) is 37.2 Å². The van der Waals surface area contributed by atoms with Crippen molar-refractivity contribution in [2.24, 2.45) is 0 Å². The summed E-state index contributed by atoms with van der Waals surface area (Å²) in [6, 6.07) is 8.64. The van der Waals surface area contributed by atoms with Crippen LogP contribution in [0.4, 0.5) is 10.1 Å². The van der Waals surface area contributed by atoms with E-state index in [4.69, 9.17) is 11.6 Å². The van der Waals surface area contributed by atoms with Gasteiger partial charge in [0.05, 0.1) is 5.69 Å². The van der Waals surface area contributed by atoms with Crippen molar-refractivity contribution in [2.75, 3.05) is 5.32 Å². The molecule has 0 atom stereocenters. The highest BCUT2D eigenvalue weighted by molar-refractivity contribution is 9.10. The van der Waals surface area contributed by atoms with E-state index in [1.54, 1.807) is 12.1 Å². The lowest BCUT2D eigenvalue weighted by Gasteiger charge is -2.11. The van der Waals surface area contributed by atoms with Crippen LogP contribution in [-0.2, 0) is 6.54 Å². The summed E-state index contributed by atoms with van der Waals surface area (Å²) in [5.41, 5.74) is 2.43. The SMILES string of the molecule is Cc1cc(Br)c(NCc2cc(Br)ccc2F)cc1Cl. The van der Waals surface area contributed by atoms with Crippen molar-refractivity contribution >= 4 is 49.1 Å². The fourth-order valence-electron chi connectivity index (χ4n) is 1.65. The van der Waals surface area contributed by atoms with Crippen LogP contribution in [0.5, 0.6) is 0 Å². The van der Waals surface area contributed by atoms with Gasteiger partial charge in [0.15, 0.2) is 0 Å². The summed E-state index contributed by atoms with van der Waals surface area (Å²) >= 11 is 12.9.